The highest BCUT2D eigenvalue weighted by Gasteiger charge is 2.13. The van der Waals surface area contributed by atoms with Crippen LogP contribution in [-0.4, -0.2) is 23.6 Å². The van der Waals surface area contributed by atoms with Crippen molar-refractivity contribution in [2.45, 2.75) is 13.8 Å². The van der Waals surface area contributed by atoms with E-state index in [1.165, 1.54) is 29.8 Å². The molecule has 1 aromatic carbocycles. The summed E-state index contributed by atoms with van der Waals surface area (Å²) in [7, 11) is 1.55. The van der Waals surface area contributed by atoms with Crippen molar-refractivity contribution in [3.8, 4) is 11.6 Å². The Bertz CT molecular complexity index is 745. The summed E-state index contributed by atoms with van der Waals surface area (Å²) in [6.07, 6.45) is 0. The minimum Gasteiger partial charge on any atom is -0.494 e. The number of para-hydroxylation sites is 2. The minimum absolute atomic E-state index is 0.161. The molecule has 0 bridgehead atoms. The van der Waals surface area contributed by atoms with Crippen LogP contribution in [0, 0.1) is 0 Å². The maximum absolute atomic E-state index is 11.8. The Hall–Kier alpha value is -2.41. The average molecular weight is 306 g/mol. The number of benzene rings is 1. The molecule has 1 heterocycles. The van der Waals surface area contributed by atoms with Crippen LogP contribution in [0.5, 0.6) is 11.6 Å². The molecule has 0 radical (unpaired) electrons. The molecule has 0 N–H and O–H groups in total. The fourth-order valence-electron chi connectivity index (χ4n) is 1.71. The number of nitrogens with zero attached hydrogens (tertiary/aromatic N) is 2. The zero-order valence-electron chi connectivity index (χ0n) is 11.8. The molecule has 0 aliphatic rings. The Labute approximate surface area is 125 Å². The molecule has 6 nitrogen and oxygen atoms in total. The van der Waals surface area contributed by atoms with Crippen molar-refractivity contribution >= 4 is 28.9 Å². The predicted octanol–water partition coefficient (Wildman–Crippen LogP) is 2.38. The van der Waals surface area contributed by atoms with Crippen LogP contribution in [0.25, 0.3) is 0 Å². The van der Waals surface area contributed by atoms with Gasteiger partial charge in [0.2, 0.25) is 11.8 Å². The lowest BCUT2D eigenvalue weighted by atomic mass is 10.3. The maximum atomic E-state index is 11.8. The topological polar surface area (TPSA) is 69.9 Å². The van der Waals surface area contributed by atoms with Crippen molar-refractivity contribution in [3.05, 3.63) is 34.4 Å². The van der Waals surface area contributed by atoms with E-state index < -0.39 is 5.97 Å². The van der Waals surface area contributed by atoms with Gasteiger partial charge in [0.05, 0.1) is 12.5 Å². The molecule has 2 rings (SSSR count). The SMILES string of the molecule is COc1ccccc1N=c1scc(OC(C)=O)n1C(C)=O. The third-order valence-corrected chi connectivity index (χ3v) is 3.35. The van der Waals surface area contributed by atoms with Gasteiger partial charge >= 0.3 is 5.97 Å². The number of hydrogen-bond acceptors (Lipinski definition) is 6. The highest BCUT2D eigenvalue weighted by atomic mass is 32.1. The van der Waals surface area contributed by atoms with Crippen molar-refractivity contribution in [1.29, 1.82) is 0 Å². The molecule has 0 fully saturated rings. The monoisotopic (exact) mass is 306 g/mol. The molecule has 0 unspecified atom stereocenters. The molecule has 0 aliphatic carbocycles. The van der Waals surface area contributed by atoms with Gasteiger partial charge in [-0.05, 0) is 12.1 Å². The number of hydrogen-bond donors (Lipinski definition) is 0. The van der Waals surface area contributed by atoms with Gasteiger partial charge in [-0.25, -0.2) is 9.56 Å². The molecule has 21 heavy (non-hydrogen) atoms. The van der Waals surface area contributed by atoms with Crippen LogP contribution in [0.2, 0.25) is 0 Å². The van der Waals surface area contributed by atoms with Crippen LogP contribution in [0.3, 0.4) is 0 Å². The molecular formula is C14H14N2O4S. The summed E-state index contributed by atoms with van der Waals surface area (Å²) in [6, 6.07) is 7.20. The van der Waals surface area contributed by atoms with Crippen molar-refractivity contribution in [1.82, 2.24) is 4.57 Å². The lowest BCUT2D eigenvalue weighted by molar-refractivity contribution is -0.132. The summed E-state index contributed by atoms with van der Waals surface area (Å²) in [4.78, 5) is 27.6. The van der Waals surface area contributed by atoms with E-state index >= 15 is 0 Å². The van der Waals surface area contributed by atoms with E-state index in [0.29, 0.717) is 16.2 Å². The Kier molecular flexibility index (Phi) is 4.54. The quantitative estimate of drug-likeness (QED) is 0.816. The second-order valence-electron chi connectivity index (χ2n) is 4.09. The lowest BCUT2D eigenvalue weighted by Gasteiger charge is -2.05. The van der Waals surface area contributed by atoms with Gasteiger partial charge in [0.1, 0.15) is 11.4 Å². The second-order valence-corrected chi connectivity index (χ2v) is 4.92. The molecular weight excluding hydrogens is 292 g/mol. The van der Waals surface area contributed by atoms with E-state index in [0.717, 1.165) is 0 Å². The fourth-order valence-corrected chi connectivity index (χ4v) is 2.55. The Morgan fingerprint density at radius 2 is 1.95 bits per heavy atom. The van der Waals surface area contributed by atoms with Crippen LogP contribution in [0.15, 0.2) is 34.6 Å². The summed E-state index contributed by atoms with van der Waals surface area (Å²) < 4.78 is 11.5. The normalized spacial score (nSPS) is 11.3. The number of aromatic nitrogens is 1. The van der Waals surface area contributed by atoms with Gasteiger partial charge in [0.15, 0.2) is 4.80 Å². The zero-order valence-corrected chi connectivity index (χ0v) is 12.6. The molecule has 0 aliphatic heterocycles. The molecule has 0 spiro atoms. The number of thiazole rings is 1. The second kappa shape index (κ2) is 6.36. The number of esters is 1. The van der Waals surface area contributed by atoms with Crippen LogP contribution >= 0.6 is 11.3 Å². The molecule has 0 saturated carbocycles. The summed E-state index contributed by atoms with van der Waals surface area (Å²) >= 11 is 1.20. The van der Waals surface area contributed by atoms with Gasteiger partial charge < -0.3 is 9.47 Å². The maximum Gasteiger partial charge on any atom is 0.309 e. The van der Waals surface area contributed by atoms with Crippen LogP contribution < -0.4 is 14.3 Å². The third kappa shape index (κ3) is 3.38. The van der Waals surface area contributed by atoms with Crippen molar-refractivity contribution in [3.63, 3.8) is 0 Å². The average Bonchev–Trinajstić information content (AvgIpc) is 2.81. The first-order valence-electron chi connectivity index (χ1n) is 6.10. The molecule has 1 aromatic heterocycles. The standard InChI is InChI=1S/C14H14N2O4S/c1-9(17)16-13(20-10(2)18)8-21-14(16)15-11-6-4-5-7-12(11)19-3/h4-8H,1-3H3. The molecule has 110 valence electrons. The number of rotatable bonds is 3. The van der Waals surface area contributed by atoms with E-state index in [9.17, 15) is 9.59 Å². The zero-order chi connectivity index (χ0) is 15.4. The minimum atomic E-state index is -0.494. The van der Waals surface area contributed by atoms with Gasteiger partial charge in [0.25, 0.3) is 0 Å². The number of ether oxygens (including phenoxy) is 2. The van der Waals surface area contributed by atoms with Gasteiger partial charge in [-0.15, -0.1) is 11.3 Å². The number of methoxy groups -OCH3 is 1. The van der Waals surface area contributed by atoms with Crippen molar-refractivity contribution in [2.24, 2.45) is 4.99 Å². The molecule has 2 aromatic rings. The number of carbonyl (C=O) groups excluding carboxylic acids is 2. The summed E-state index contributed by atoms with van der Waals surface area (Å²) in [5, 5.41) is 1.57. The smallest absolute Gasteiger partial charge is 0.309 e. The highest BCUT2D eigenvalue weighted by Crippen LogP contribution is 2.26. The Morgan fingerprint density at radius 1 is 1.24 bits per heavy atom. The Morgan fingerprint density at radius 3 is 2.57 bits per heavy atom. The summed E-state index contributed by atoms with van der Waals surface area (Å²) in [5.41, 5.74) is 0.589. The third-order valence-electron chi connectivity index (χ3n) is 2.54. The van der Waals surface area contributed by atoms with Gasteiger partial charge in [-0.2, -0.15) is 0 Å². The van der Waals surface area contributed by atoms with Crippen LogP contribution in [-0.2, 0) is 4.79 Å². The van der Waals surface area contributed by atoms with E-state index in [1.54, 1.807) is 24.6 Å². The first-order chi connectivity index (χ1) is 10.0. The molecule has 0 atom stereocenters. The van der Waals surface area contributed by atoms with Crippen molar-refractivity contribution in [2.75, 3.05) is 7.11 Å². The van der Waals surface area contributed by atoms with Gasteiger partial charge in [0, 0.05) is 13.8 Å². The lowest BCUT2D eigenvalue weighted by Crippen LogP contribution is -2.22. The first-order valence-corrected chi connectivity index (χ1v) is 6.98. The fraction of sp³-hybridized carbons (Fsp3) is 0.214. The van der Waals surface area contributed by atoms with E-state index in [4.69, 9.17) is 9.47 Å². The van der Waals surface area contributed by atoms with Gasteiger partial charge in [-0.1, -0.05) is 12.1 Å². The van der Waals surface area contributed by atoms with E-state index in [2.05, 4.69) is 4.99 Å². The van der Waals surface area contributed by atoms with Crippen LogP contribution in [0.4, 0.5) is 5.69 Å². The molecule has 0 saturated heterocycles. The molecule has 7 heteroatoms. The molecule has 0 amide bonds. The largest absolute Gasteiger partial charge is 0.494 e. The van der Waals surface area contributed by atoms with Gasteiger partial charge in [-0.3, -0.25) is 9.59 Å². The summed E-state index contributed by atoms with van der Waals surface area (Å²) in [5.74, 6) is -0.0310. The van der Waals surface area contributed by atoms with E-state index in [-0.39, 0.29) is 11.8 Å². The summed E-state index contributed by atoms with van der Waals surface area (Å²) in [6.45, 7) is 2.65. The first kappa shape index (κ1) is 15.0. The van der Waals surface area contributed by atoms with E-state index in [1.807, 2.05) is 12.1 Å². The Balaban J connectivity index is 2.58. The highest BCUT2D eigenvalue weighted by molar-refractivity contribution is 7.07. The number of carbonyl (C=O) groups is 2. The van der Waals surface area contributed by atoms with Crippen LogP contribution in [0.1, 0.15) is 18.6 Å². The predicted molar refractivity (Wildman–Crippen MR) is 78.1 cm³/mol. The van der Waals surface area contributed by atoms with Crippen molar-refractivity contribution < 1.29 is 19.1 Å².